The summed E-state index contributed by atoms with van der Waals surface area (Å²) < 4.78 is 5.90. The van der Waals surface area contributed by atoms with Crippen LogP contribution >= 0.6 is 0 Å². The monoisotopic (exact) mass is 575 g/mol. The Kier molecular flexibility index (Phi) is 7.86. The van der Waals surface area contributed by atoms with E-state index in [1.165, 1.54) is 4.90 Å². The Morgan fingerprint density at radius 3 is 2.72 bits per heavy atom. The van der Waals surface area contributed by atoms with Crippen molar-refractivity contribution in [3.63, 3.8) is 0 Å². The Morgan fingerprint density at radius 1 is 1.00 bits per heavy atom. The minimum absolute atomic E-state index is 0.0534. The van der Waals surface area contributed by atoms with E-state index >= 15 is 0 Å². The molecule has 2 aliphatic heterocycles. The van der Waals surface area contributed by atoms with Crippen molar-refractivity contribution < 1.29 is 19.1 Å². The number of pyridine rings is 1. The van der Waals surface area contributed by atoms with Crippen molar-refractivity contribution in [1.82, 2.24) is 10.3 Å². The number of aliphatic imine (C=N–C) groups is 1. The van der Waals surface area contributed by atoms with Crippen LogP contribution in [0.1, 0.15) is 17.5 Å². The molecule has 43 heavy (non-hydrogen) atoms. The molecule has 3 aromatic carbocycles. The number of carbonyl (C=O) groups is 3. The molecule has 0 radical (unpaired) electrons. The summed E-state index contributed by atoms with van der Waals surface area (Å²) in [5.41, 5.74) is 3.94. The number of azo groups is 1. The summed E-state index contributed by atoms with van der Waals surface area (Å²) in [7, 11) is 1.63. The lowest BCUT2D eigenvalue weighted by Crippen LogP contribution is -2.50. The van der Waals surface area contributed by atoms with Crippen LogP contribution in [0.4, 0.5) is 11.4 Å². The van der Waals surface area contributed by atoms with Gasteiger partial charge in [0, 0.05) is 37.2 Å². The number of nitrogens with zero attached hydrogens (tertiary/aromatic N) is 5. The summed E-state index contributed by atoms with van der Waals surface area (Å²) in [6.07, 6.45) is 2.46. The molecule has 0 saturated carbocycles. The molecule has 11 heteroatoms. The van der Waals surface area contributed by atoms with Gasteiger partial charge in [0.1, 0.15) is 18.4 Å². The first-order valence-electron chi connectivity index (χ1n) is 13.9. The number of nitrogens with one attached hydrogen (secondary N) is 2. The van der Waals surface area contributed by atoms with Crippen LogP contribution in [0.15, 0.2) is 100 Å². The van der Waals surface area contributed by atoms with Gasteiger partial charge < -0.3 is 20.3 Å². The molecule has 0 fully saturated rings. The van der Waals surface area contributed by atoms with Gasteiger partial charge in [-0.05, 0) is 47.9 Å². The topological polar surface area (TPSA) is 138 Å². The predicted octanol–water partition coefficient (Wildman–Crippen LogP) is 4.08. The van der Waals surface area contributed by atoms with Gasteiger partial charge in [0.15, 0.2) is 6.17 Å². The SMILES string of the molecule is CN1C(=O)[C@@H](NC(=O)C2=NC(Cc3ccccc3)N=N2)COc2ccc(CCC(=O)Nc3ccc4cccnc4c3)cc21. The van der Waals surface area contributed by atoms with Crippen LogP contribution in [-0.2, 0) is 27.2 Å². The van der Waals surface area contributed by atoms with Gasteiger partial charge in [0.25, 0.3) is 11.8 Å². The number of carbonyl (C=O) groups excluding carboxylic acids is 3. The number of fused-ring (bicyclic) bond motifs is 2. The number of rotatable bonds is 8. The largest absolute Gasteiger partial charge is 0.489 e. The van der Waals surface area contributed by atoms with Crippen LogP contribution in [0.3, 0.4) is 0 Å². The maximum atomic E-state index is 13.3. The third-order valence-corrected chi connectivity index (χ3v) is 7.28. The average molecular weight is 576 g/mol. The van der Waals surface area contributed by atoms with E-state index in [1.807, 2.05) is 72.8 Å². The summed E-state index contributed by atoms with van der Waals surface area (Å²) in [5.74, 6) is -0.631. The van der Waals surface area contributed by atoms with Crippen LogP contribution in [0.25, 0.3) is 10.9 Å². The molecule has 0 bridgehead atoms. The first-order chi connectivity index (χ1) is 20.9. The Hall–Kier alpha value is -5.45. The lowest BCUT2D eigenvalue weighted by Gasteiger charge is -2.20. The van der Waals surface area contributed by atoms with Gasteiger partial charge in [-0.2, -0.15) is 5.11 Å². The third kappa shape index (κ3) is 6.40. The molecule has 3 amide bonds. The van der Waals surface area contributed by atoms with Gasteiger partial charge in [-0.3, -0.25) is 19.4 Å². The van der Waals surface area contributed by atoms with Gasteiger partial charge >= 0.3 is 0 Å². The lowest BCUT2D eigenvalue weighted by atomic mass is 10.1. The zero-order valence-corrected chi connectivity index (χ0v) is 23.4. The molecular weight excluding hydrogens is 546 g/mol. The van der Waals surface area contributed by atoms with Crippen molar-refractivity contribution in [3.8, 4) is 5.75 Å². The van der Waals surface area contributed by atoms with Crippen molar-refractivity contribution in [2.45, 2.75) is 31.5 Å². The number of aryl methyl sites for hydroxylation is 1. The van der Waals surface area contributed by atoms with E-state index in [2.05, 4.69) is 30.8 Å². The molecule has 2 atom stereocenters. The zero-order chi connectivity index (χ0) is 29.8. The van der Waals surface area contributed by atoms with E-state index in [9.17, 15) is 14.4 Å². The molecule has 2 aliphatic rings. The molecule has 4 aromatic rings. The smallest absolute Gasteiger partial charge is 0.291 e. The second kappa shape index (κ2) is 12.2. The lowest BCUT2D eigenvalue weighted by molar-refractivity contribution is -0.124. The maximum Gasteiger partial charge on any atom is 0.291 e. The number of amides is 3. The van der Waals surface area contributed by atoms with Crippen LogP contribution in [0, 0.1) is 0 Å². The van der Waals surface area contributed by atoms with E-state index in [4.69, 9.17) is 4.74 Å². The van der Waals surface area contributed by atoms with E-state index in [0.29, 0.717) is 30.0 Å². The molecule has 0 saturated heterocycles. The molecular formula is C32H29N7O4. The van der Waals surface area contributed by atoms with E-state index in [-0.39, 0.29) is 30.7 Å². The Morgan fingerprint density at radius 2 is 1.86 bits per heavy atom. The van der Waals surface area contributed by atoms with Crippen molar-refractivity contribution >= 4 is 45.8 Å². The second-order valence-corrected chi connectivity index (χ2v) is 10.3. The third-order valence-electron chi connectivity index (χ3n) is 7.28. The Bertz CT molecular complexity index is 1760. The van der Waals surface area contributed by atoms with Crippen LogP contribution < -0.4 is 20.3 Å². The Balaban J connectivity index is 1.05. The van der Waals surface area contributed by atoms with Crippen LogP contribution in [-0.4, -0.2) is 54.4 Å². The summed E-state index contributed by atoms with van der Waals surface area (Å²) in [5, 5.41) is 14.6. The first kappa shape index (κ1) is 27.7. The standard InChI is InChI=1S/C32H29N7O4/c1-39-26-16-21(10-14-29(40)34-23-12-11-22-8-5-15-33-24(22)18-23)9-13-27(26)43-19-25(32(39)42)35-31(41)30-36-28(37-38-30)17-20-6-3-2-4-7-20/h2-9,11-13,15-16,18,25,28H,10,14,17,19H2,1H3,(H,34,40)(H,35,41)/t25-,28?/m0/s1. The van der Waals surface area contributed by atoms with E-state index in [0.717, 1.165) is 22.0 Å². The first-order valence-corrected chi connectivity index (χ1v) is 13.9. The maximum absolute atomic E-state index is 13.3. The summed E-state index contributed by atoms with van der Waals surface area (Å²) >= 11 is 0. The molecule has 0 spiro atoms. The zero-order valence-electron chi connectivity index (χ0n) is 23.4. The second-order valence-electron chi connectivity index (χ2n) is 10.3. The number of ether oxygens (including phenoxy) is 1. The van der Waals surface area contributed by atoms with Crippen LogP contribution in [0.2, 0.25) is 0 Å². The van der Waals surface area contributed by atoms with Crippen molar-refractivity contribution in [1.29, 1.82) is 0 Å². The van der Waals surface area contributed by atoms with Crippen molar-refractivity contribution in [2.75, 3.05) is 23.9 Å². The molecule has 11 nitrogen and oxygen atoms in total. The molecule has 1 aromatic heterocycles. The molecule has 1 unspecified atom stereocenters. The number of hydrogen-bond acceptors (Lipinski definition) is 8. The highest BCUT2D eigenvalue weighted by Crippen LogP contribution is 2.32. The van der Waals surface area contributed by atoms with Gasteiger partial charge in [0.05, 0.1) is 11.2 Å². The minimum atomic E-state index is -0.943. The molecule has 2 N–H and O–H groups in total. The fraction of sp³-hybridized carbons (Fsp3) is 0.219. The normalized spacial score (nSPS) is 17.6. The van der Waals surface area contributed by atoms with Gasteiger partial charge in [-0.25, -0.2) is 4.99 Å². The predicted molar refractivity (Wildman–Crippen MR) is 162 cm³/mol. The van der Waals surface area contributed by atoms with Crippen molar-refractivity contribution in [3.05, 3.63) is 96.2 Å². The minimum Gasteiger partial charge on any atom is -0.489 e. The number of amidine groups is 1. The molecule has 0 aliphatic carbocycles. The van der Waals surface area contributed by atoms with Crippen molar-refractivity contribution in [2.24, 2.45) is 15.2 Å². The van der Waals surface area contributed by atoms with Crippen LogP contribution in [0.5, 0.6) is 5.75 Å². The van der Waals surface area contributed by atoms with Gasteiger partial charge in [0.2, 0.25) is 11.7 Å². The molecule has 6 rings (SSSR count). The molecule has 216 valence electrons. The summed E-state index contributed by atoms with van der Waals surface area (Å²) in [6.45, 7) is -0.0534. The van der Waals surface area contributed by atoms with Gasteiger partial charge in [-0.15, -0.1) is 5.11 Å². The number of aromatic nitrogens is 1. The van der Waals surface area contributed by atoms with E-state index < -0.39 is 18.1 Å². The van der Waals surface area contributed by atoms with Gasteiger partial charge in [-0.1, -0.05) is 48.5 Å². The quantitative estimate of drug-likeness (QED) is 0.326. The fourth-order valence-corrected chi connectivity index (χ4v) is 4.98. The number of anilines is 2. The highest BCUT2D eigenvalue weighted by molar-refractivity contribution is 6.38. The average Bonchev–Trinajstić information content (AvgIpc) is 3.46. The van der Waals surface area contributed by atoms with E-state index in [1.54, 1.807) is 19.3 Å². The number of hydrogen-bond donors (Lipinski definition) is 2. The summed E-state index contributed by atoms with van der Waals surface area (Å²) in [4.78, 5) is 48.9. The highest BCUT2D eigenvalue weighted by atomic mass is 16.5. The Labute approximate surface area is 247 Å². The fourth-order valence-electron chi connectivity index (χ4n) is 4.98. The molecule has 3 heterocycles. The highest BCUT2D eigenvalue weighted by Gasteiger charge is 2.32. The number of benzene rings is 3. The number of likely N-dealkylation sites (N-methyl/N-ethyl adjacent to an activating group) is 1. The summed E-state index contributed by atoms with van der Waals surface area (Å²) in [6, 6.07) is 23.7.